The van der Waals surface area contributed by atoms with Crippen LogP contribution in [0.4, 0.5) is 9.80 Å². The minimum atomic E-state index is -1.14. The Morgan fingerprint density at radius 3 is 2.61 bits per heavy atom. The summed E-state index contributed by atoms with van der Waals surface area (Å²) in [5, 5.41) is 18.5. The van der Waals surface area contributed by atoms with Crippen LogP contribution in [-0.2, 0) is 4.79 Å². The quantitative estimate of drug-likeness (QED) is 0.771. The molecule has 0 aromatic carbocycles. The standard InChI is InChI=1S/C10H14N4O3S/c15-8(16)10(4-2-1-3-5-10)13-9(17)12-7-6-11-14-18-7/h6H,1-5H2,(H,15,16)(H2,12,13,17). The number of hydrogen-bond donors (Lipinski definition) is 3. The van der Waals surface area contributed by atoms with E-state index in [4.69, 9.17) is 0 Å². The van der Waals surface area contributed by atoms with Gasteiger partial charge in [0, 0.05) is 11.5 Å². The van der Waals surface area contributed by atoms with Gasteiger partial charge in [0.15, 0.2) is 0 Å². The molecule has 8 heteroatoms. The summed E-state index contributed by atoms with van der Waals surface area (Å²) in [4.78, 5) is 23.1. The van der Waals surface area contributed by atoms with Crippen molar-refractivity contribution < 1.29 is 14.7 Å². The first-order chi connectivity index (χ1) is 8.62. The molecule has 1 aromatic rings. The van der Waals surface area contributed by atoms with Gasteiger partial charge in [-0.3, -0.25) is 5.32 Å². The summed E-state index contributed by atoms with van der Waals surface area (Å²) in [5.41, 5.74) is -1.14. The van der Waals surface area contributed by atoms with E-state index in [0.717, 1.165) is 30.8 Å². The van der Waals surface area contributed by atoms with Crippen molar-refractivity contribution in [2.24, 2.45) is 0 Å². The van der Waals surface area contributed by atoms with Gasteiger partial charge in [-0.2, -0.15) is 0 Å². The molecule has 18 heavy (non-hydrogen) atoms. The number of urea groups is 1. The van der Waals surface area contributed by atoms with Crippen LogP contribution in [0.5, 0.6) is 0 Å². The van der Waals surface area contributed by atoms with Crippen molar-refractivity contribution in [1.82, 2.24) is 14.9 Å². The molecule has 2 amide bonds. The van der Waals surface area contributed by atoms with Crippen molar-refractivity contribution >= 4 is 28.5 Å². The van der Waals surface area contributed by atoms with Crippen LogP contribution in [0.3, 0.4) is 0 Å². The van der Waals surface area contributed by atoms with Gasteiger partial charge in [-0.1, -0.05) is 23.8 Å². The molecular weight excluding hydrogens is 256 g/mol. The van der Waals surface area contributed by atoms with Crippen molar-refractivity contribution in [3.63, 3.8) is 0 Å². The number of anilines is 1. The van der Waals surface area contributed by atoms with Gasteiger partial charge in [0.25, 0.3) is 0 Å². The Balaban J connectivity index is 2.00. The first-order valence-corrected chi connectivity index (χ1v) is 6.50. The summed E-state index contributed by atoms with van der Waals surface area (Å²) >= 11 is 1.04. The first-order valence-electron chi connectivity index (χ1n) is 5.72. The number of carboxylic acid groups (broad SMARTS) is 1. The second-order valence-corrected chi connectivity index (χ2v) is 5.09. The normalized spacial score (nSPS) is 18.0. The zero-order valence-electron chi connectivity index (χ0n) is 9.68. The van der Waals surface area contributed by atoms with Crippen LogP contribution in [-0.4, -0.2) is 32.2 Å². The third-order valence-electron chi connectivity index (χ3n) is 3.07. The van der Waals surface area contributed by atoms with Crippen LogP contribution in [0.25, 0.3) is 0 Å². The van der Waals surface area contributed by atoms with Crippen LogP contribution >= 0.6 is 11.5 Å². The van der Waals surface area contributed by atoms with Crippen LogP contribution in [0, 0.1) is 0 Å². The first kappa shape index (κ1) is 12.7. The van der Waals surface area contributed by atoms with E-state index in [-0.39, 0.29) is 0 Å². The Hall–Kier alpha value is -1.70. The Labute approximate surface area is 108 Å². The molecule has 1 aliphatic carbocycles. The second kappa shape index (κ2) is 5.30. The third-order valence-corrected chi connectivity index (χ3v) is 3.65. The summed E-state index contributed by atoms with van der Waals surface area (Å²) in [7, 11) is 0. The number of carbonyl (C=O) groups is 2. The SMILES string of the molecule is O=C(Nc1cnns1)NC1(C(=O)O)CCCCC1. The fraction of sp³-hybridized carbons (Fsp3) is 0.600. The van der Waals surface area contributed by atoms with E-state index in [1.807, 2.05) is 0 Å². The molecule has 0 spiro atoms. The summed E-state index contributed by atoms with van der Waals surface area (Å²) < 4.78 is 3.61. The molecule has 1 heterocycles. The monoisotopic (exact) mass is 270 g/mol. The van der Waals surface area contributed by atoms with E-state index in [9.17, 15) is 14.7 Å². The Morgan fingerprint density at radius 1 is 1.33 bits per heavy atom. The lowest BCUT2D eigenvalue weighted by Crippen LogP contribution is -2.56. The van der Waals surface area contributed by atoms with E-state index in [2.05, 4.69) is 20.2 Å². The van der Waals surface area contributed by atoms with E-state index in [1.165, 1.54) is 6.20 Å². The molecule has 1 saturated carbocycles. The number of carboxylic acids is 1. The largest absolute Gasteiger partial charge is 0.480 e. The number of aromatic nitrogens is 2. The molecule has 0 unspecified atom stereocenters. The maximum absolute atomic E-state index is 11.8. The molecule has 1 aliphatic rings. The van der Waals surface area contributed by atoms with Crippen LogP contribution in [0.1, 0.15) is 32.1 Å². The molecule has 3 N–H and O–H groups in total. The van der Waals surface area contributed by atoms with Gasteiger partial charge < -0.3 is 10.4 Å². The summed E-state index contributed by atoms with van der Waals surface area (Å²) in [5.74, 6) is -0.972. The predicted molar refractivity (Wildman–Crippen MR) is 65.5 cm³/mol. The van der Waals surface area contributed by atoms with Gasteiger partial charge in [0.05, 0.1) is 6.20 Å². The molecule has 0 radical (unpaired) electrons. The predicted octanol–water partition coefficient (Wildman–Crippen LogP) is 1.45. The lowest BCUT2D eigenvalue weighted by Gasteiger charge is -2.33. The number of amides is 2. The Bertz CT molecular complexity index is 428. The molecule has 0 bridgehead atoms. The molecule has 98 valence electrons. The molecule has 0 aliphatic heterocycles. The lowest BCUT2D eigenvalue weighted by atomic mass is 9.82. The molecule has 7 nitrogen and oxygen atoms in total. The molecule has 0 saturated heterocycles. The number of hydrogen-bond acceptors (Lipinski definition) is 5. The highest BCUT2D eigenvalue weighted by molar-refractivity contribution is 7.10. The number of nitrogens with one attached hydrogen (secondary N) is 2. The highest BCUT2D eigenvalue weighted by Crippen LogP contribution is 2.28. The number of nitrogens with zero attached hydrogens (tertiary/aromatic N) is 2. The third kappa shape index (κ3) is 2.76. The maximum atomic E-state index is 11.8. The topological polar surface area (TPSA) is 104 Å². The highest BCUT2D eigenvalue weighted by atomic mass is 32.1. The maximum Gasteiger partial charge on any atom is 0.329 e. The van der Waals surface area contributed by atoms with Crippen molar-refractivity contribution in [3.05, 3.63) is 6.20 Å². The number of carbonyl (C=O) groups excluding carboxylic acids is 1. The zero-order valence-corrected chi connectivity index (χ0v) is 10.5. The fourth-order valence-electron chi connectivity index (χ4n) is 2.13. The highest BCUT2D eigenvalue weighted by Gasteiger charge is 2.41. The van der Waals surface area contributed by atoms with Gasteiger partial charge in [0.1, 0.15) is 10.5 Å². The van der Waals surface area contributed by atoms with Crippen molar-refractivity contribution in [3.8, 4) is 0 Å². The molecule has 0 atom stereocenters. The molecule has 1 aromatic heterocycles. The minimum absolute atomic E-state index is 0.469. The van der Waals surface area contributed by atoms with Crippen LogP contribution in [0.2, 0.25) is 0 Å². The van der Waals surface area contributed by atoms with E-state index >= 15 is 0 Å². The van der Waals surface area contributed by atoms with Gasteiger partial charge in [0.2, 0.25) is 0 Å². The average molecular weight is 270 g/mol. The average Bonchev–Trinajstić information content (AvgIpc) is 2.82. The Morgan fingerprint density at radius 2 is 2.06 bits per heavy atom. The lowest BCUT2D eigenvalue weighted by molar-refractivity contribution is -0.145. The van der Waals surface area contributed by atoms with Crippen molar-refractivity contribution in [2.45, 2.75) is 37.6 Å². The summed E-state index contributed by atoms with van der Waals surface area (Å²) in [6, 6.07) is -0.523. The minimum Gasteiger partial charge on any atom is -0.480 e. The summed E-state index contributed by atoms with van der Waals surface area (Å²) in [6.45, 7) is 0. The molecule has 1 fully saturated rings. The smallest absolute Gasteiger partial charge is 0.329 e. The zero-order chi connectivity index (χ0) is 13.0. The van der Waals surface area contributed by atoms with Crippen LogP contribution < -0.4 is 10.6 Å². The molecular formula is C10H14N4O3S. The molecule has 2 rings (SSSR count). The second-order valence-electron chi connectivity index (χ2n) is 4.31. The Kier molecular flexibility index (Phi) is 3.75. The van der Waals surface area contributed by atoms with Gasteiger partial charge in [-0.15, -0.1) is 5.10 Å². The van der Waals surface area contributed by atoms with E-state index < -0.39 is 17.5 Å². The number of aliphatic carboxylic acids is 1. The van der Waals surface area contributed by atoms with Gasteiger partial charge in [-0.25, -0.2) is 9.59 Å². The van der Waals surface area contributed by atoms with Crippen molar-refractivity contribution in [2.75, 3.05) is 5.32 Å². The van der Waals surface area contributed by atoms with E-state index in [0.29, 0.717) is 17.8 Å². The van der Waals surface area contributed by atoms with Crippen LogP contribution in [0.15, 0.2) is 6.20 Å². The number of rotatable bonds is 3. The van der Waals surface area contributed by atoms with Crippen molar-refractivity contribution in [1.29, 1.82) is 0 Å². The van der Waals surface area contributed by atoms with E-state index in [1.54, 1.807) is 0 Å². The fourth-order valence-corrected chi connectivity index (χ4v) is 2.55. The van der Waals surface area contributed by atoms with Gasteiger partial charge in [-0.05, 0) is 12.8 Å². The van der Waals surface area contributed by atoms with Gasteiger partial charge >= 0.3 is 12.0 Å². The summed E-state index contributed by atoms with van der Waals surface area (Å²) in [6.07, 6.45) is 4.99.